The summed E-state index contributed by atoms with van der Waals surface area (Å²) in [7, 11) is 0. The lowest BCUT2D eigenvalue weighted by Gasteiger charge is -2.38. The molecule has 16 heavy (non-hydrogen) atoms. The van der Waals surface area contributed by atoms with Crippen molar-refractivity contribution >= 4 is 0 Å². The molecular formula is C12H24N2O2. The van der Waals surface area contributed by atoms with E-state index in [9.17, 15) is 0 Å². The van der Waals surface area contributed by atoms with E-state index in [1.54, 1.807) is 0 Å². The van der Waals surface area contributed by atoms with Crippen LogP contribution >= 0.6 is 0 Å². The van der Waals surface area contributed by atoms with Gasteiger partial charge in [0, 0.05) is 25.7 Å². The zero-order valence-electron chi connectivity index (χ0n) is 10.0. The molecule has 2 heterocycles. The number of morpholine rings is 1. The number of hydrogen-bond acceptors (Lipinski definition) is 4. The van der Waals surface area contributed by atoms with Gasteiger partial charge < -0.3 is 15.2 Å². The highest BCUT2D eigenvalue weighted by atomic mass is 16.5. The predicted octanol–water partition coefficient (Wildman–Crippen LogP) is 0.0692. The van der Waals surface area contributed by atoms with Crippen LogP contribution < -0.4 is 5.32 Å². The smallest absolute Gasteiger partial charge is 0.0623 e. The molecule has 2 aliphatic heterocycles. The second kappa shape index (κ2) is 6.55. The Hall–Kier alpha value is -0.160. The van der Waals surface area contributed by atoms with Crippen molar-refractivity contribution in [2.45, 2.75) is 25.3 Å². The number of ether oxygens (including phenoxy) is 1. The Kier molecular flexibility index (Phi) is 5.03. The lowest BCUT2D eigenvalue weighted by molar-refractivity contribution is -0.0237. The van der Waals surface area contributed by atoms with E-state index in [4.69, 9.17) is 9.84 Å². The Morgan fingerprint density at radius 1 is 1.31 bits per heavy atom. The molecule has 0 aromatic heterocycles. The Bertz CT molecular complexity index is 193. The molecule has 4 heteroatoms. The molecule has 2 saturated heterocycles. The molecule has 0 saturated carbocycles. The highest BCUT2D eigenvalue weighted by Crippen LogP contribution is 2.18. The van der Waals surface area contributed by atoms with Crippen LogP contribution in [-0.2, 0) is 4.74 Å². The number of hydrogen-bond donors (Lipinski definition) is 2. The fourth-order valence-corrected chi connectivity index (χ4v) is 2.74. The highest BCUT2D eigenvalue weighted by Gasteiger charge is 2.25. The standard InChI is InChI=1S/C12H24N2O2/c15-7-3-12-10-16-8-6-14(12)9-11-1-4-13-5-2-11/h11-13,15H,1-10H2/t12-/m1/s1. The molecule has 0 radical (unpaired) electrons. The summed E-state index contributed by atoms with van der Waals surface area (Å²) in [6, 6.07) is 0.439. The van der Waals surface area contributed by atoms with Gasteiger partial charge in [0.2, 0.25) is 0 Å². The number of nitrogens with one attached hydrogen (secondary N) is 1. The number of nitrogens with zero attached hydrogens (tertiary/aromatic N) is 1. The molecule has 0 aromatic carbocycles. The third-order valence-corrected chi connectivity index (χ3v) is 3.76. The molecule has 2 N–H and O–H groups in total. The molecule has 2 rings (SSSR count). The van der Waals surface area contributed by atoms with Crippen molar-refractivity contribution in [1.29, 1.82) is 0 Å². The predicted molar refractivity (Wildman–Crippen MR) is 63.5 cm³/mol. The molecule has 0 bridgehead atoms. The van der Waals surface area contributed by atoms with Crippen LogP contribution in [0.5, 0.6) is 0 Å². The van der Waals surface area contributed by atoms with Gasteiger partial charge in [-0.3, -0.25) is 4.90 Å². The van der Waals surface area contributed by atoms with E-state index >= 15 is 0 Å². The lowest BCUT2D eigenvalue weighted by Crippen LogP contribution is -2.48. The molecule has 0 amide bonds. The van der Waals surface area contributed by atoms with Crippen molar-refractivity contribution < 1.29 is 9.84 Å². The van der Waals surface area contributed by atoms with Gasteiger partial charge in [-0.25, -0.2) is 0 Å². The number of piperidine rings is 1. The normalized spacial score (nSPS) is 29.4. The zero-order chi connectivity index (χ0) is 11.2. The van der Waals surface area contributed by atoms with Crippen LogP contribution in [0.4, 0.5) is 0 Å². The van der Waals surface area contributed by atoms with Gasteiger partial charge in [0.05, 0.1) is 13.2 Å². The maximum Gasteiger partial charge on any atom is 0.0623 e. The minimum Gasteiger partial charge on any atom is -0.396 e. The first-order valence-corrected chi connectivity index (χ1v) is 6.53. The molecular weight excluding hydrogens is 204 g/mol. The second-order valence-corrected chi connectivity index (χ2v) is 4.93. The fourth-order valence-electron chi connectivity index (χ4n) is 2.74. The third kappa shape index (κ3) is 3.42. The second-order valence-electron chi connectivity index (χ2n) is 4.93. The Labute approximate surface area is 98.0 Å². The first kappa shape index (κ1) is 12.3. The van der Waals surface area contributed by atoms with E-state index in [0.717, 1.165) is 32.1 Å². The maximum absolute atomic E-state index is 9.05. The highest BCUT2D eigenvalue weighted by molar-refractivity contribution is 4.79. The van der Waals surface area contributed by atoms with Gasteiger partial charge >= 0.3 is 0 Å². The van der Waals surface area contributed by atoms with Crippen LogP contribution in [-0.4, -0.2) is 62.0 Å². The minimum absolute atomic E-state index is 0.275. The summed E-state index contributed by atoms with van der Waals surface area (Å²) < 4.78 is 5.49. The van der Waals surface area contributed by atoms with E-state index in [-0.39, 0.29) is 6.61 Å². The average Bonchev–Trinajstić information content (AvgIpc) is 2.33. The van der Waals surface area contributed by atoms with Gasteiger partial charge in [-0.1, -0.05) is 0 Å². The number of rotatable bonds is 4. The molecule has 0 aliphatic carbocycles. The van der Waals surface area contributed by atoms with Gasteiger partial charge in [0.25, 0.3) is 0 Å². The van der Waals surface area contributed by atoms with E-state index in [2.05, 4.69) is 10.2 Å². The van der Waals surface area contributed by atoms with E-state index in [1.807, 2.05) is 0 Å². The summed E-state index contributed by atoms with van der Waals surface area (Å²) in [6.45, 7) is 6.48. The van der Waals surface area contributed by atoms with Gasteiger partial charge in [0.1, 0.15) is 0 Å². The molecule has 0 unspecified atom stereocenters. The summed E-state index contributed by atoms with van der Waals surface area (Å²) in [4.78, 5) is 2.52. The quantitative estimate of drug-likeness (QED) is 0.715. The van der Waals surface area contributed by atoms with Crippen molar-refractivity contribution in [3.63, 3.8) is 0 Å². The Morgan fingerprint density at radius 2 is 2.12 bits per heavy atom. The fraction of sp³-hybridized carbons (Fsp3) is 1.00. The summed E-state index contributed by atoms with van der Waals surface area (Å²) in [5.41, 5.74) is 0. The van der Waals surface area contributed by atoms with Crippen molar-refractivity contribution in [2.24, 2.45) is 5.92 Å². The van der Waals surface area contributed by atoms with Crippen LogP contribution in [0.25, 0.3) is 0 Å². The summed E-state index contributed by atoms with van der Waals surface area (Å²) in [5, 5.41) is 12.5. The monoisotopic (exact) mass is 228 g/mol. The summed E-state index contributed by atoms with van der Waals surface area (Å²) in [5.74, 6) is 0.834. The first-order valence-electron chi connectivity index (χ1n) is 6.53. The van der Waals surface area contributed by atoms with E-state index in [1.165, 1.54) is 32.5 Å². The summed E-state index contributed by atoms with van der Waals surface area (Å²) >= 11 is 0. The number of aliphatic hydroxyl groups excluding tert-OH is 1. The molecule has 4 nitrogen and oxygen atoms in total. The van der Waals surface area contributed by atoms with Gasteiger partial charge in [-0.2, -0.15) is 0 Å². The molecule has 2 aliphatic rings. The minimum atomic E-state index is 0.275. The SMILES string of the molecule is OCC[C@@H]1COCCN1CC1CCNCC1. The Morgan fingerprint density at radius 3 is 2.88 bits per heavy atom. The summed E-state index contributed by atoms with van der Waals surface area (Å²) in [6.07, 6.45) is 3.44. The third-order valence-electron chi connectivity index (χ3n) is 3.76. The van der Waals surface area contributed by atoms with E-state index < -0.39 is 0 Å². The van der Waals surface area contributed by atoms with Crippen molar-refractivity contribution in [3.05, 3.63) is 0 Å². The van der Waals surface area contributed by atoms with Crippen LogP contribution in [0.2, 0.25) is 0 Å². The zero-order valence-corrected chi connectivity index (χ0v) is 10.0. The van der Waals surface area contributed by atoms with Crippen LogP contribution in [0.1, 0.15) is 19.3 Å². The molecule has 1 atom stereocenters. The van der Waals surface area contributed by atoms with Gasteiger partial charge in [0.15, 0.2) is 0 Å². The largest absolute Gasteiger partial charge is 0.396 e. The van der Waals surface area contributed by atoms with Crippen LogP contribution in [0.15, 0.2) is 0 Å². The lowest BCUT2D eigenvalue weighted by atomic mass is 9.96. The van der Waals surface area contributed by atoms with Crippen LogP contribution in [0.3, 0.4) is 0 Å². The Balaban J connectivity index is 1.80. The number of aliphatic hydroxyl groups is 1. The van der Waals surface area contributed by atoms with Crippen molar-refractivity contribution in [3.8, 4) is 0 Å². The van der Waals surface area contributed by atoms with E-state index in [0.29, 0.717) is 6.04 Å². The van der Waals surface area contributed by atoms with Gasteiger partial charge in [-0.05, 0) is 38.3 Å². The van der Waals surface area contributed by atoms with Crippen molar-refractivity contribution in [1.82, 2.24) is 10.2 Å². The maximum atomic E-state index is 9.05. The average molecular weight is 228 g/mol. The molecule has 0 spiro atoms. The first-order chi connectivity index (χ1) is 7.90. The van der Waals surface area contributed by atoms with Crippen molar-refractivity contribution in [2.75, 3.05) is 46.0 Å². The van der Waals surface area contributed by atoms with Crippen LogP contribution in [0, 0.1) is 5.92 Å². The molecule has 0 aromatic rings. The topological polar surface area (TPSA) is 44.7 Å². The van der Waals surface area contributed by atoms with Gasteiger partial charge in [-0.15, -0.1) is 0 Å². The molecule has 2 fully saturated rings. The molecule has 94 valence electrons.